The lowest BCUT2D eigenvalue weighted by Crippen LogP contribution is -2.15. The molecule has 1 unspecified atom stereocenters. The van der Waals surface area contributed by atoms with Gasteiger partial charge in [0.1, 0.15) is 37.1 Å². The number of hydrogen-bond acceptors (Lipinski definition) is 12. The molecule has 0 aliphatic rings. The lowest BCUT2D eigenvalue weighted by molar-refractivity contribution is -0.143. The topological polar surface area (TPSA) is 82.1 Å². The predicted molar refractivity (Wildman–Crippen MR) is 179 cm³/mol. The van der Waals surface area contributed by atoms with Crippen LogP contribution in [0.1, 0.15) is 11.5 Å². The third-order valence-corrected chi connectivity index (χ3v) is 11.0. The van der Waals surface area contributed by atoms with Crippen LogP contribution in [-0.4, -0.2) is 38.7 Å². The lowest BCUT2D eigenvalue weighted by Gasteiger charge is -2.08. The highest BCUT2D eigenvalue weighted by Gasteiger charge is 2.20. The molecule has 2 aromatic heterocycles. The standard InChI is InChI=1S/C11H12O4.C10H8OS3.C9H6OS3/c1-14-9-5-3-8(4-6-9)10(7-12)11(13)15-2;1-11-8-4-2-7(3-5-8)9-6-13-14-10(9)12;10-7-3-1-6(2-4-7)8-5-12-13-9(8)11/h3-7,10H,1-2H3;2-6H,1H3;1-5,10H. The van der Waals surface area contributed by atoms with Gasteiger partial charge in [-0.25, -0.2) is 0 Å². The Kier molecular flexibility index (Phi) is 13.5. The van der Waals surface area contributed by atoms with E-state index in [-0.39, 0.29) is 5.75 Å². The van der Waals surface area contributed by atoms with Gasteiger partial charge in [0, 0.05) is 21.9 Å². The van der Waals surface area contributed by atoms with Crippen LogP contribution in [0, 0.1) is 7.65 Å². The zero-order chi connectivity index (χ0) is 30.5. The molecule has 0 fully saturated rings. The monoisotopic (exact) mass is 674 g/mol. The Morgan fingerprint density at radius 1 is 0.738 bits per heavy atom. The lowest BCUT2D eigenvalue weighted by atomic mass is 10.0. The summed E-state index contributed by atoms with van der Waals surface area (Å²) in [7, 11) is 11.0. The van der Waals surface area contributed by atoms with Gasteiger partial charge >= 0.3 is 5.97 Å². The molecule has 0 bridgehead atoms. The Morgan fingerprint density at radius 2 is 1.17 bits per heavy atom. The molecule has 5 aromatic rings. The highest BCUT2D eigenvalue weighted by Crippen LogP contribution is 2.30. The third-order valence-electron chi connectivity index (χ3n) is 5.66. The van der Waals surface area contributed by atoms with Gasteiger partial charge in [0.15, 0.2) is 0 Å². The highest BCUT2D eigenvalue weighted by atomic mass is 32.9. The molecule has 2 heterocycles. The second kappa shape index (κ2) is 17.0. The van der Waals surface area contributed by atoms with Gasteiger partial charge in [-0.15, -0.1) is 0 Å². The van der Waals surface area contributed by atoms with Crippen molar-refractivity contribution in [1.82, 2.24) is 0 Å². The average Bonchev–Trinajstić information content (AvgIpc) is 3.66. The number of benzene rings is 3. The van der Waals surface area contributed by atoms with E-state index < -0.39 is 11.9 Å². The molecule has 0 saturated heterocycles. The zero-order valence-corrected chi connectivity index (χ0v) is 27.6. The number of hydrogen-bond donors (Lipinski definition) is 1. The first-order chi connectivity index (χ1) is 20.3. The number of rotatable bonds is 7. The number of methoxy groups -OCH3 is 3. The van der Waals surface area contributed by atoms with Crippen molar-refractivity contribution in [3.8, 4) is 39.5 Å². The number of phenols is 1. The van der Waals surface area contributed by atoms with Crippen molar-refractivity contribution in [2.75, 3.05) is 21.3 Å². The summed E-state index contributed by atoms with van der Waals surface area (Å²) in [4.78, 5) is 21.9. The summed E-state index contributed by atoms with van der Waals surface area (Å²) in [6.07, 6.45) is 0.563. The summed E-state index contributed by atoms with van der Waals surface area (Å²) in [5, 5.41) is 13.2. The number of aromatic hydroxyl groups is 1. The van der Waals surface area contributed by atoms with Crippen molar-refractivity contribution < 1.29 is 28.9 Å². The van der Waals surface area contributed by atoms with Gasteiger partial charge in [0.25, 0.3) is 0 Å². The SMILES string of the molecule is COC(=O)C(C=O)c1ccc(OC)cc1.COc1ccc(-c2cssc2=S)cc1.Oc1ccc(-c2cssc2=S)cc1. The molecule has 5 rings (SSSR count). The van der Waals surface area contributed by atoms with Crippen LogP contribution in [0.15, 0.2) is 83.6 Å². The van der Waals surface area contributed by atoms with Crippen molar-refractivity contribution in [3.63, 3.8) is 0 Å². The summed E-state index contributed by atoms with van der Waals surface area (Å²) in [6, 6.07) is 21.8. The van der Waals surface area contributed by atoms with Crippen LogP contribution in [0.25, 0.3) is 22.3 Å². The van der Waals surface area contributed by atoms with Crippen LogP contribution >= 0.6 is 65.8 Å². The second-order valence-corrected chi connectivity index (χ2v) is 13.7. The van der Waals surface area contributed by atoms with E-state index in [0.717, 1.165) is 35.7 Å². The minimum Gasteiger partial charge on any atom is -0.508 e. The summed E-state index contributed by atoms with van der Waals surface area (Å²) in [6.45, 7) is 0. The number of esters is 1. The summed E-state index contributed by atoms with van der Waals surface area (Å²) >= 11 is 10.4. The Labute approximate surface area is 268 Å². The second-order valence-electron chi connectivity index (χ2n) is 8.18. The Morgan fingerprint density at radius 3 is 1.52 bits per heavy atom. The molecule has 218 valence electrons. The quantitative estimate of drug-likeness (QED) is 0.0602. The molecular weight excluding hydrogens is 649 g/mol. The molecule has 42 heavy (non-hydrogen) atoms. The van der Waals surface area contributed by atoms with E-state index in [1.54, 1.807) is 92.0 Å². The molecule has 1 atom stereocenters. The van der Waals surface area contributed by atoms with Gasteiger partial charge in [-0.3, -0.25) is 4.79 Å². The smallest absolute Gasteiger partial charge is 0.320 e. The van der Waals surface area contributed by atoms with Crippen molar-refractivity contribution in [1.29, 1.82) is 0 Å². The van der Waals surface area contributed by atoms with Crippen LogP contribution < -0.4 is 9.47 Å². The van der Waals surface area contributed by atoms with Crippen LogP contribution in [0.2, 0.25) is 0 Å². The van der Waals surface area contributed by atoms with E-state index in [2.05, 4.69) is 10.1 Å². The molecule has 1 N–H and O–H groups in total. The van der Waals surface area contributed by atoms with Crippen molar-refractivity contribution >= 4 is 78.1 Å². The summed E-state index contributed by atoms with van der Waals surface area (Å²) < 4.78 is 16.4. The van der Waals surface area contributed by atoms with Gasteiger partial charge in [-0.05, 0) is 53.1 Å². The molecule has 0 saturated carbocycles. The summed E-state index contributed by atoms with van der Waals surface area (Å²) in [5.74, 6) is 0.413. The van der Waals surface area contributed by atoms with Crippen LogP contribution in [0.4, 0.5) is 0 Å². The largest absolute Gasteiger partial charge is 0.508 e. The van der Waals surface area contributed by atoms with Crippen molar-refractivity contribution in [2.45, 2.75) is 5.92 Å². The molecule has 0 radical (unpaired) electrons. The van der Waals surface area contributed by atoms with E-state index in [1.165, 1.54) is 7.11 Å². The number of carbonyl (C=O) groups is 2. The Hall–Kier alpha value is -3.26. The van der Waals surface area contributed by atoms with Gasteiger partial charge in [0.05, 0.1) is 21.3 Å². The molecule has 3 aromatic carbocycles. The molecule has 6 nitrogen and oxygen atoms in total. The van der Waals surface area contributed by atoms with E-state index in [1.807, 2.05) is 41.8 Å². The predicted octanol–water partition coefficient (Wildman–Crippen LogP) is 9.28. The fourth-order valence-electron chi connectivity index (χ4n) is 3.41. The van der Waals surface area contributed by atoms with E-state index in [9.17, 15) is 9.59 Å². The first-order valence-corrected chi connectivity index (χ1v) is 17.3. The minimum atomic E-state index is -0.860. The molecular formula is C30H26O6S6. The van der Waals surface area contributed by atoms with Gasteiger partial charge in [-0.1, -0.05) is 102 Å². The fraction of sp³-hybridized carbons (Fsp3) is 0.133. The minimum absolute atomic E-state index is 0.286. The summed E-state index contributed by atoms with van der Waals surface area (Å²) in [5.41, 5.74) is 5.06. The molecule has 0 spiro atoms. The molecule has 0 aliphatic heterocycles. The van der Waals surface area contributed by atoms with Gasteiger partial charge in [-0.2, -0.15) is 0 Å². The molecule has 0 amide bonds. The maximum atomic E-state index is 11.2. The average molecular weight is 675 g/mol. The first-order valence-electron chi connectivity index (χ1n) is 12.1. The first kappa shape index (κ1) is 33.2. The number of carbonyl (C=O) groups excluding carboxylic acids is 2. The van der Waals surface area contributed by atoms with Crippen molar-refractivity contribution in [3.05, 3.63) is 96.8 Å². The van der Waals surface area contributed by atoms with Gasteiger partial charge < -0.3 is 24.1 Å². The zero-order valence-electron chi connectivity index (χ0n) is 22.7. The Balaban J connectivity index is 0.000000173. The van der Waals surface area contributed by atoms with Gasteiger partial charge in [0.2, 0.25) is 0 Å². The van der Waals surface area contributed by atoms with E-state index >= 15 is 0 Å². The molecule has 0 aliphatic carbocycles. The third kappa shape index (κ3) is 9.38. The van der Waals surface area contributed by atoms with Crippen LogP contribution in [0.5, 0.6) is 17.2 Å². The normalized spacial score (nSPS) is 10.6. The van der Waals surface area contributed by atoms with Crippen LogP contribution in [-0.2, 0) is 14.3 Å². The number of ether oxygens (including phenoxy) is 3. The number of aldehydes is 1. The van der Waals surface area contributed by atoms with E-state index in [4.69, 9.17) is 39.0 Å². The highest BCUT2D eigenvalue weighted by molar-refractivity contribution is 7.80. The maximum Gasteiger partial charge on any atom is 0.320 e. The van der Waals surface area contributed by atoms with Crippen molar-refractivity contribution in [2.24, 2.45) is 0 Å². The fourth-order valence-corrected chi connectivity index (χ4v) is 8.20. The maximum absolute atomic E-state index is 11.2. The Bertz CT molecular complexity index is 1670. The number of phenolic OH excluding ortho intramolecular Hbond substituents is 1. The van der Waals surface area contributed by atoms with Crippen LogP contribution in [0.3, 0.4) is 0 Å². The molecule has 12 heteroatoms. The van der Waals surface area contributed by atoms with E-state index in [0.29, 0.717) is 17.6 Å².